The summed E-state index contributed by atoms with van der Waals surface area (Å²) in [5.74, 6) is 0.430. The largest absolute Gasteiger partial charge is 0.471 e. The molecule has 1 amide bonds. The second-order valence-corrected chi connectivity index (χ2v) is 6.65. The molecule has 0 atom stereocenters. The summed E-state index contributed by atoms with van der Waals surface area (Å²) in [5.41, 5.74) is 2.03. The zero-order valence-electron chi connectivity index (χ0n) is 15.0. The van der Waals surface area contributed by atoms with Crippen molar-refractivity contribution in [1.29, 1.82) is 0 Å². The van der Waals surface area contributed by atoms with Crippen LogP contribution in [0.15, 0.2) is 72.9 Å². The van der Waals surface area contributed by atoms with Crippen LogP contribution in [0.25, 0.3) is 16.6 Å². The van der Waals surface area contributed by atoms with E-state index in [0.717, 1.165) is 16.6 Å². The van der Waals surface area contributed by atoms with E-state index in [0.29, 0.717) is 24.7 Å². The van der Waals surface area contributed by atoms with Crippen LogP contribution in [0.3, 0.4) is 0 Å². The fourth-order valence-electron chi connectivity index (χ4n) is 3.17. The average Bonchev–Trinajstić information content (AvgIpc) is 3.21. The van der Waals surface area contributed by atoms with E-state index >= 15 is 0 Å². The standard InChI is InChI=1S/C21H17N5O2/c27-21(19-12-22-26(24-19)16-7-2-1-3-8-16)25-13-17(14-25)28-20-11-10-15-6-4-5-9-18(15)23-20/h1-12,17H,13-14H2. The molecule has 0 radical (unpaired) electrons. The first-order valence-electron chi connectivity index (χ1n) is 9.06. The lowest BCUT2D eigenvalue weighted by atomic mass is 10.1. The predicted molar refractivity (Wildman–Crippen MR) is 103 cm³/mol. The molecule has 1 aliphatic heterocycles. The number of amides is 1. The summed E-state index contributed by atoms with van der Waals surface area (Å²) < 4.78 is 5.90. The molecule has 3 heterocycles. The van der Waals surface area contributed by atoms with Crippen molar-refractivity contribution in [3.8, 4) is 11.6 Å². The smallest absolute Gasteiger partial charge is 0.276 e. The summed E-state index contributed by atoms with van der Waals surface area (Å²) in [5, 5.41) is 9.54. The number of pyridine rings is 1. The first-order chi connectivity index (χ1) is 13.8. The molecule has 1 aliphatic rings. The van der Waals surface area contributed by atoms with Gasteiger partial charge < -0.3 is 9.64 Å². The summed E-state index contributed by atoms with van der Waals surface area (Å²) in [4.78, 5) is 20.3. The molecule has 0 unspecified atom stereocenters. The number of hydrogen-bond donors (Lipinski definition) is 0. The number of para-hydroxylation sites is 2. The minimum absolute atomic E-state index is 0.0678. The normalized spacial score (nSPS) is 14.1. The van der Waals surface area contributed by atoms with Crippen LogP contribution in [0.4, 0.5) is 0 Å². The Labute approximate surface area is 161 Å². The fraction of sp³-hybridized carbons (Fsp3) is 0.143. The molecular weight excluding hydrogens is 354 g/mol. The molecule has 1 fully saturated rings. The van der Waals surface area contributed by atoms with Crippen molar-refractivity contribution in [1.82, 2.24) is 24.9 Å². The summed E-state index contributed by atoms with van der Waals surface area (Å²) in [6.45, 7) is 1.01. The van der Waals surface area contributed by atoms with Gasteiger partial charge >= 0.3 is 0 Å². The van der Waals surface area contributed by atoms with Gasteiger partial charge in [0, 0.05) is 11.5 Å². The van der Waals surface area contributed by atoms with Crippen LogP contribution in [0.2, 0.25) is 0 Å². The van der Waals surface area contributed by atoms with Crippen molar-refractivity contribution in [2.75, 3.05) is 13.1 Å². The van der Waals surface area contributed by atoms with Gasteiger partial charge in [0.15, 0.2) is 5.69 Å². The van der Waals surface area contributed by atoms with Gasteiger partial charge in [0.25, 0.3) is 5.91 Å². The molecule has 2 aromatic carbocycles. The summed E-state index contributed by atoms with van der Waals surface area (Å²) in [6.07, 6.45) is 1.43. The fourth-order valence-corrected chi connectivity index (χ4v) is 3.17. The molecule has 28 heavy (non-hydrogen) atoms. The molecular formula is C21H17N5O2. The van der Waals surface area contributed by atoms with Crippen LogP contribution < -0.4 is 4.74 Å². The van der Waals surface area contributed by atoms with Gasteiger partial charge in [-0.2, -0.15) is 9.90 Å². The molecule has 1 saturated heterocycles. The third kappa shape index (κ3) is 3.07. The number of likely N-dealkylation sites (tertiary alicyclic amines) is 1. The topological polar surface area (TPSA) is 73.1 Å². The van der Waals surface area contributed by atoms with Gasteiger partial charge in [0.1, 0.15) is 6.10 Å². The van der Waals surface area contributed by atoms with Gasteiger partial charge in [0.2, 0.25) is 5.88 Å². The number of carbonyl (C=O) groups excluding carboxylic acids is 1. The number of aromatic nitrogens is 4. The lowest BCUT2D eigenvalue weighted by Crippen LogP contribution is -2.56. The average molecular weight is 371 g/mol. The Morgan fingerprint density at radius 2 is 1.75 bits per heavy atom. The molecule has 0 spiro atoms. The van der Waals surface area contributed by atoms with Crippen molar-refractivity contribution >= 4 is 16.8 Å². The van der Waals surface area contributed by atoms with Gasteiger partial charge in [-0.05, 0) is 24.3 Å². The molecule has 0 aliphatic carbocycles. The second-order valence-electron chi connectivity index (χ2n) is 6.65. The molecule has 7 heteroatoms. The highest BCUT2D eigenvalue weighted by Gasteiger charge is 2.34. The van der Waals surface area contributed by atoms with E-state index in [9.17, 15) is 4.79 Å². The van der Waals surface area contributed by atoms with Gasteiger partial charge in [0.05, 0.1) is 30.5 Å². The van der Waals surface area contributed by atoms with E-state index in [1.807, 2.05) is 66.7 Å². The Morgan fingerprint density at radius 3 is 2.61 bits per heavy atom. The molecule has 0 N–H and O–H groups in total. The van der Waals surface area contributed by atoms with Crippen LogP contribution in [0.1, 0.15) is 10.5 Å². The highest BCUT2D eigenvalue weighted by molar-refractivity contribution is 5.92. The van der Waals surface area contributed by atoms with E-state index < -0.39 is 0 Å². The molecule has 4 aromatic rings. The maximum atomic E-state index is 12.6. The van der Waals surface area contributed by atoms with Crippen molar-refractivity contribution in [2.24, 2.45) is 0 Å². The second kappa shape index (κ2) is 6.77. The zero-order valence-corrected chi connectivity index (χ0v) is 15.0. The lowest BCUT2D eigenvalue weighted by molar-refractivity contribution is 0.0157. The molecule has 138 valence electrons. The minimum atomic E-state index is -0.145. The van der Waals surface area contributed by atoms with Crippen LogP contribution in [-0.2, 0) is 0 Å². The van der Waals surface area contributed by atoms with E-state index in [-0.39, 0.29) is 12.0 Å². The van der Waals surface area contributed by atoms with Crippen LogP contribution in [0, 0.1) is 0 Å². The van der Waals surface area contributed by atoms with Crippen molar-refractivity contribution in [3.05, 3.63) is 78.6 Å². The number of rotatable bonds is 4. The summed E-state index contributed by atoms with van der Waals surface area (Å²) in [7, 11) is 0. The quantitative estimate of drug-likeness (QED) is 0.551. The van der Waals surface area contributed by atoms with E-state index in [4.69, 9.17) is 4.74 Å². The highest BCUT2D eigenvalue weighted by Crippen LogP contribution is 2.21. The number of carbonyl (C=O) groups is 1. The van der Waals surface area contributed by atoms with E-state index in [1.54, 1.807) is 4.90 Å². The SMILES string of the molecule is O=C(c1cnn(-c2ccccc2)n1)N1CC(Oc2ccc3ccccc3n2)C1. The molecule has 2 aromatic heterocycles. The first-order valence-corrected chi connectivity index (χ1v) is 9.06. The van der Waals surface area contributed by atoms with Crippen LogP contribution in [-0.4, -0.2) is 50.0 Å². The first kappa shape index (κ1) is 16.4. The predicted octanol–water partition coefficient (Wildman–Crippen LogP) is 2.72. The molecule has 7 nitrogen and oxygen atoms in total. The van der Waals surface area contributed by atoms with Crippen molar-refractivity contribution in [2.45, 2.75) is 6.10 Å². The Morgan fingerprint density at radius 1 is 0.964 bits per heavy atom. The molecule has 5 rings (SSSR count). The van der Waals surface area contributed by atoms with Crippen LogP contribution >= 0.6 is 0 Å². The Balaban J connectivity index is 1.22. The number of hydrogen-bond acceptors (Lipinski definition) is 5. The molecule has 0 bridgehead atoms. The van der Waals surface area contributed by atoms with Crippen molar-refractivity contribution in [3.63, 3.8) is 0 Å². The third-order valence-corrected chi connectivity index (χ3v) is 4.69. The summed E-state index contributed by atoms with van der Waals surface area (Å²) >= 11 is 0. The number of benzene rings is 2. The maximum Gasteiger partial charge on any atom is 0.276 e. The van der Waals surface area contributed by atoms with Crippen molar-refractivity contribution < 1.29 is 9.53 Å². The highest BCUT2D eigenvalue weighted by atomic mass is 16.5. The van der Waals surface area contributed by atoms with E-state index in [2.05, 4.69) is 15.2 Å². The Hall–Kier alpha value is -3.74. The zero-order chi connectivity index (χ0) is 18.9. The minimum Gasteiger partial charge on any atom is -0.471 e. The number of ether oxygens (including phenoxy) is 1. The van der Waals surface area contributed by atoms with Gasteiger partial charge in [-0.15, -0.1) is 5.10 Å². The Bertz CT molecular complexity index is 1140. The number of fused-ring (bicyclic) bond motifs is 1. The Kier molecular flexibility index (Phi) is 3.97. The van der Waals surface area contributed by atoms with E-state index in [1.165, 1.54) is 11.0 Å². The maximum absolute atomic E-state index is 12.6. The number of nitrogens with zero attached hydrogens (tertiary/aromatic N) is 5. The lowest BCUT2D eigenvalue weighted by Gasteiger charge is -2.38. The summed E-state index contributed by atoms with van der Waals surface area (Å²) in [6, 6.07) is 21.2. The van der Waals surface area contributed by atoms with Gasteiger partial charge in [-0.1, -0.05) is 36.4 Å². The van der Waals surface area contributed by atoms with Gasteiger partial charge in [-0.3, -0.25) is 4.79 Å². The third-order valence-electron chi connectivity index (χ3n) is 4.69. The molecule has 0 saturated carbocycles. The monoisotopic (exact) mass is 371 g/mol. The van der Waals surface area contributed by atoms with Crippen LogP contribution in [0.5, 0.6) is 5.88 Å². The van der Waals surface area contributed by atoms with Gasteiger partial charge in [-0.25, -0.2) is 4.98 Å².